The number of hydrogen-bond acceptors (Lipinski definition) is 5. The van der Waals surface area contributed by atoms with Gasteiger partial charge in [-0.1, -0.05) is 36.4 Å². The van der Waals surface area contributed by atoms with Gasteiger partial charge in [0.15, 0.2) is 11.5 Å². The maximum absolute atomic E-state index is 13.0. The average Bonchev–Trinajstić information content (AvgIpc) is 2.74. The maximum Gasteiger partial charge on any atom is 0.257 e. The molecule has 2 aromatic carbocycles. The summed E-state index contributed by atoms with van der Waals surface area (Å²) in [5.74, 6) is 1.27. The van der Waals surface area contributed by atoms with Gasteiger partial charge in [0.1, 0.15) is 11.6 Å². The van der Waals surface area contributed by atoms with Crippen molar-refractivity contribution in [3.8, 4) is 22.9 Å². The fourth-order valence-corrected chi connectivity index (χ4v) is 3.56. The highest BCUT2D eigenvalue weighted by molar-refractivity contribution is 5.94. The standard InChI is InChI=1S/C22H21N3O4/c1-3-29-16-10-9-14(11-17(16)28-2)15-12-18(26)23-21-19(15)22(27)25-20(24-21)13-7-5-4-6-8-13/h4-11,15H,3,12H2,1-2H3,(H2,23,24,25,26,27). The van der Waals surface area contributed by atoms with Gasteiger partial charge in [-0.3, -0.25) is 9.59 Å². The van der Waals surface area contributed by atoms with Crippen LogP contribution in [-0.2, 0) is 4.79 Å². The van der Waals surface area contributed by atoms with Gasteiger partial charge in [0, 0.05) is 17.9 Å². The number of hydrogen-bond donors (Lipinski definition) is 2. The van der Waals surface area contributed by atoms with Gasteiger partial charge in [-0.25, -0.2) is 4.98 Å². The summed E-state index contributed by atoms with van der Waals surface area (Å²) in [5.41, 5.74) is 1.73. The largest absolute Gasteiger partial charge is 0.493 e. The monoisotopic (exact) mass is 391 g/mol. The summed E-state index contributed by atoms with van der Waals surface area (Å²) in [7, 11) is 1.56. The number of amides is 1. The second-order valence-electron chi connectivity index (χ2n) is 6.69. The van der Waals surface area contributed by atoms with Gasteiger partial charge < -0.3 is 19.8 Å². The van der Waals surface area contributed by atoms with Crippen LogP contribution in [0.5, 0.6) is 11.5 Å². The number of anilines is 1. The van der Waals surface area contributed by atoms with Crippen molar-refractivity contribution < 1.29 is 14.3 Å². The molecule has 148 valence electrons. The molecule has 0 saturated heterocycles. The van der Waals surface area contributed by atoms with E-state index in [2.05, 4.69) is 15.3 Å². The quantitative estimate of drug-likeness (QED) is 0.696. The summed E-state index contributed by atoms with van der Waals surface area (Å²) in [5, 5.41) is 2.74. The molecular weight excluding hydrogens is 370 g/mol. The van der Waals surface area contributed by atoms with E-state index in [1.54, 1.807) is 13.2 Å². The summed E-state index contributed by atoms with van der Waals surface area (Å²) in [4.78, 5) is 32.7. The number of benzene rings is 2. The van der Waals surface area contributed by atoms with Crippen molar-refractivity contribution in [3.05, 3.63) is 70.0 Å². The molecule has 0 fully saturated rings. The molecule has 1 amide bonds. The van der Waals surface area contributed by atoms with Crippen molar-refractivity contribution in [2.45, 2.75) is 19.3 Å². The molecular formula is C22H21N3O4. The first-order valence-corrected chi connectivity index (χ1v) is 9.41. The Morgan fingerprint density at radius 3 is 2.62 bits per heavy atom. The molecule has 0 spiro atoms. The number of carbonyl (C=O) groups is 1. The van der Waals surface area contributed by atoms with Gasteiger partial charge in [0.2, 0.25) is 5.91 Å². The number of H-pyrrole nitrogens is 1. The predicted octanol–water partition coefficient (Wildman–Crippen LogP) is 3.32. The van der Waals surface area contributed by atoms with E-state index in [0.717, 1.165) is 11.1 Å². The van der Waals surface area contributed by atoms with E-state index in [-0.39, 0.29) is 17.9 Å². The normalized spacial score (nSPS) is 15.4. The molecule has 0 aliphatic carbocycles. The van der Waals surface area contributed by atoms with Crippen molar-refractivity contribution in [1.82, 2.24) is 9.97 Å². The van der Waals surface area contributed by atoms with Crippen LogP contribution >= 0.6 is 0 Å². The Hall–Kier alpha value is -3.61. The van der Waals surface area contributed by atoms with E-state index in [1.807, 2.05) is 49.4 Å². The van der Waals surface area contributed by atoms with Crippen molar-refractivity contribution >= 4 is 11.7 Å². The van der Waals surface area contributed by atoms with Crippen molar-refractivity contribution in [2.75, 3.05) is 19.0 Å². The van der Waals surface area contributed by atoms with E-state index in [0.29, 0.717) is 35.3 Å². The SMILES string of the molecule is CCOc1ccc(C2CC(=O)Nc3nc(-c4ccccc4)[nH]c(=O)c32)cc1OC. The minimum absolute atomic E-state index is 0.152. The molecule has 1 aromatic heterocycles. The Labute approximate surface area is 167 Å². The van der Waals surface area contributed by atoms with Crippen LogP contribution in [0.2, 0.25) is 0 Å². The number of nitrogens with one attached hydrogen (secondary N) is 2. The molecule has 1 aliphatic rings. The molecule has 0 radical (unpaired) electrons. The van der Waals surface area contributed by atoms with Gasteiger partial charge >= 0.3 is 0 Å². The Morgan fingerprint density at radius 1 is 1.10 bits per heavy atom. The number of carbonyl (C=O) groups excluding carboxylic acids is 1. The van der Waals surface area contributed by atoms with Crippen molar-refractivity contribution in [2.24, 2.45) is 0 Å². The molecule has 3 aromatic rings. The van der Waals surface area contributed by atoms with Gasteiger partial charge in [0.05, 0.1) is 19.3 Å². The molecule has 2 heterocycles. The van der Waals surface area contributed by atoms with Crippen LogP contribution in [-0.4, -0.2) is 29.6 Å². The van der Waals surface area contributed by atoms with E-state index in [1.165, 1.54) is 0 Å². The number of ether oxygens (including phenoxy) is 2. The highest BCUT2D eigenvalue weighted by atomic mass is 16.5. The van der Waals surface area contributed by atoms with Crippen LogP contribution in [0, 0.1) is 0 Å². The third-order valence-electron chi connectivity index (χ3n) is 4.89. The van der Waals surface area contributed by atoms with Crippen LogP contribution < -0.4 is 20.3 Å². The van der Waals surface area contributed by atoms with Crippen molar-refractivity contribution in [3.63, 3.8) is 0 Å². The first-order chi connectivity index (χ1) is 14.1. The van der Waals surface area contributed by atoms with Crippen LogP contribution in [0.3, 0.4) is 0 Å². The number of aromatic nitrogens is 2. The molecule has 2 N–H and O–H groups in total. The molecule has 7 nitrogen and oxygen atoms in total. The number of rotatable bonds is 5. The average molecular weight is 391 g/mol. The van der Waals surface area contributed by atoms with Gasteiger partial charge in [-0.05, 0) is 24.6 Å². The number of nitrogens with zero attached hydrogens (tertiary/aromatic N) is 1. The van der Waals surface area contributed by atoms with E-state index in [9.17, 15) is 9.59 Å². The zero-order chi connectivity index (χ0) is 20.4. The Kier molecular flexibility index (Phi) is 5.03. The zero-order valence-corrected chi connectivity index (χ0v) is 16.2. The topological polar surface area (TPSA) is 93.3 Å². The Morgan fingerprint density at radius 2 is 1.90 bits per heavy atom. The van der Waals surface area contributed by atoms with Gasteiger partial charge in [0.25, 0.3) is 5.56 Å². The molecule has 1 atom stereocenters. The number of methoxy groups -OCH3 is 1. The third-order valence-corrected chi connectivity index (χ3v) is 4.89. The zero-order valence-electron chi connectivity index (χ0n) is 16.2. The first kappa shape index (κ1) is 18.7. The second kappa shape index (κ2) is 7.79. The van der Waals surface area contributed by atoms with Gasteiger partial charge in [-0.2, -0.15) is 0 Å². The predicted molar refractivity (Wildman–Crippen MR) is 110 cm³/mol. The summed E-state index contributed by atoms with van der Waals surface area (Å²) < 4.78 is 11.0. The van der Waals surface area contributed by atoms with E-state index < -0.39 is 5.92 Å². The maximum atomic E-state index is 13.0. The molecule has 29 heavy (non-hydrogen) atoms. The van der Waals surface area contributed by atoms with Gasteiger partial charge in [-0.15, -0.1) is 0 Å². The lowest BCUT2D eigenvalue weighted by Gasteiger charge is -2.25. The minimum Gasteiger partial charge on any atom is -0.493 e. The first-order valence-electron chi connectivity index (χ1n) is 9.41. The third kappa shape index (κ3) is 3.59. The van der Waals surface area contributed by atoms with E-state index in [4.69, 9.17) is 9.47 Å². The molecule has 0 saturated carbocycles. The molecule has 4 rings (SSSR count). The van der Waals surface area contributed by atoms with Crippen LogP contribution in [0.4, 0.5) is 5.82 Å². The van der Waals surface area contributed by atoms with E-state index >= 15 is 0 Å². The smallest absolute Gasteiger partial charge is 0.257 e. The molecule has 7 heteroatoms. The Balaban J connectivity index is 1.81. The van der Waals surface area contributed by atoms with Crippen LogP contribution in [0.1, 0.15) is 30.4 Å². The highest BCUT2D eigenvalue weighted by Crippen LogP contribution is 2.38. The fraction of sp³-hybridized carbons (Fsp3) is 0.227. The lowest BCUT2D eigenvalue weighted by atomic mass is 9.86. The molecule has 1 aliphatic heterocycles. The summed E-state index contributed by atoms with van der Waals surface area (Å²) in [6.45, 7) is 2.40. The minimum atomic E-state index is -0.426. The summed E-state index contributed by atoms with van der Waals surface area (Å²) in [6, 6.07) is 14.8. The lowest BCUT2D eigenvalue weighted by molar-refractivity contribution is -0.116. The van der Waals surface area contributed by atoms with Crippen LogP contribution in [0.25, 0.3) is 11.4 Å². The Bertz CT molecular complexity index is 1110. The second-order valence-corrected chi connectivity index (χ2v) is 6.69. The summed E-state index contributed by atoms with van der Waals surface area (Å²) in [6.07, 6.45) is 0.152. The molecule has 0 bridgehead atoms. The number of fused-ring (bicyclic) bond motifs is 1. The fourth-order valence-electron chi connectivity index (χ4n) is 3.56. The molecule has 1 unspecified atom stereocenters. The number of aromatic amines is 1. The van der Waals surface area contributed by atoms with Crippen molar-refractivity contribution in [1.29, 1.82) is 0 Å². The van der Waals surface area contributed by atoms with Crippen LogP contribution in [0.15, 0.2) is 53.3 Å². The lowest BCUT2D eigenvalue weighted by Crippen LogP contribution is -2.31. The summed E-state index contributed by atoms with van der Waals surface area (Å²) >= 11 is 0. The highest BCUT2D eigenvalue weighted by Gasteiger charge is 2.31.